The van der Waals surface area contributed by atoms with Gasteiger partial charge in [0, 0.05) is 15.0 Å². The van der Waals surface area contributed by atoms with E-state index in [4.69, 9.17) is 0 Å². The molecule has 0 atom stereocenters. The van der Waals surface area contributed by atoms with E-state index in [-0.39, 0.29) is 12.1 Å². The highest BCUT2D eigenvalue weighted by Gasteiger charge is 2.21. The zero-order valence-corrected chi connectivity index (χ0v) is 16.7. The van der Waals surface area contributed by atoms with Crippen LogP contribution in [0.5, 0.6) is 0 Å². The number of anilines is 2. The van der Waals surface area contributed by atoms with Crippen LogP contribution < -0.4 is 4.90 Å². The highest BCUT2D eigenvalue weighted by Crippen LogP contribution is 2.42. The molecule has 5 aromatic rings. The minimum absolute atomic E-state index is 0.102. The lowest BCUT2D eigenvalue weighted by atomic mass is 10.1. The van der Waals surface area contributed by atoms with Crippen molar-refractivity contribution in [2.75, 3.05) is 4.90 Å². The molecule has 2 heterocycles. The topological polar surface area (TPSA) is 3.24 Å². The molecule has 6 heteroatoms. The average molecular weight is 426 g/mol. The van der Waals surface area contributed by atoms with Crippen LogP contribution in [0.1, 0.15) is 5.56 Å². The second-order valence-corrected chi connectivity index (χ2v) is 8.78. The number of hydrogen-bond donors (Lipinski definition) is 0. The summed E-state index contributed by atoms with van der Waals surface area (Å²) < 4.78 is 44.8. The smallest absolute Gasteiger partial charge is 0.166 e. The van der Waals surface area contributed by atoms with Crippen LogP contribution in [0.15, 0.2) is 72.8 Å². The normalized spacial score (nSPS) is 11.4. The first-order valence-corrected chi connectivity index (χ1v) is 10.6. The van der Waals surface area contributed by atoms with Crippen LogP contribution in [0.25, 0.3) is 20.2 Å². The van der Waals surface area contributed by atoms with Gasteiger partial charge >= 0.3 is 0 Å². The summed E-state index contributed by atoms with van der Waals surface area (Å²) in [6, 6.07) is 21.6. The van der Waals surface area contributed by atoms with Gasteiger partial charge in [0.05, 0.1) is 16.5 Å². The maximum absolute atomic E-state index is 14.4. The van der Waals surface area contributed by atoms with E-state index in [9.17, 15) is 13.2 Å². The Morgan fingerprint density at radius 1 is 0.655 bits per heavy atom. The Bertz CT molecular complexity index is 1200. The summed E-state index contributed by atoms with van der Waals surface area (Å²) >= 11 is 3.08. The summed E-state index contributed by atoms with van der Waals surface area (Å²) in [5.41, 5.74) is -0.278. The van der Waals surface area contributed by atoms with Gasteiger partial charge in [-0.3, -0.25) is 0 Å². The Morgan fingerprint density at radius 3 is 1.72 bits per heavy atom. The van der Waals surface area contributed by atoms with Gasteiger partial charge in [-0.05, 0) is 47.2 Å². The minimum Gasteiger partial charge on any atom is -0.320 e. The molecule has 144 valence electrons. The Morgan fingerprint density at radius 2 is 1.17 bits per heavy atom. The zero-order valence-electron chi connectivity index (χ0n) is 15.0. The van der Waals surface area contributed by atoms with Gasteiger partial charge in [0.2, 0.25) is 0 Å². The van der Waals surface area contributed by atoms with Crippen LogP contribution in [0.4, 0.5) is 23.2 Å². The van der Waals surface area contributed by atoms with Crippen molar-refractivity contribution >= 4 is 52.8 Å². The fourth-order valence-corrected chi connectivity index (χ4v) is 5.55. The summed E-state index contributed by atoms with van der Waals surface area (Å²) in [4.78, 5) is 1.86. The molecule has 0 saturated heterocycles. The number of rotatable bonds is 4. The van der Waals surface area contributed by atoms with Gasteiger partial charge in [0.1, 0.15) is 5.82 Å². The van der Waals surface area contributed by atoms with Crippen LogP contribution >= 0.6 is 22.7 Å². The van der Waals surface area contributed by atoms with Gasteiger partial charge in [-0.1, -0.05) is 36.4 Å². The van der Waals surface area contributed by atoms with E-state index < -0.39 is 17.5 Å². The standard InChI is InChI=1S/C23H14F3NS2/c24-17-9-10-18(25)23(26)16(17)13-27(21-11-14-5-1-3-7-19(14)28-21)22-12-15-6-2-4-8-20(15)29-22/h1-12H,13H2. The highest BCUT2D eigenvalue weighted by atomic mass is 32.1. The second-order valence-electron chi connectivity index (χ2n) is 6.65. The first-order valence-electron chi connectivity index (χ1n) is 8.97. The van der Waals surface area contributed by atoms with Crippen LogP contribution in [0.3, 0.4) is 0 Å². The number of hydrogen-bond acceptors (Lipinski definition) is 3. The third-order valence-corrected chi connectivity index (χ3v) is 7.09. The van der Waals surface area contributed by atoms with E-state index in [2.05, 4.69) is 0 Å². The van der Waals surface area contributed by atoms with Crippen LogP contribution in [0.2, 0.25) is 0 Å². The predicted molar refractivity (Wildman–Crippen MR) is 116 cm³/mol. The van der Waals surface area contributed by atoms with Crippen LogP contribution in [-0.2, 0) is 6.54 Å². The summed E-state index contributed by atoms with van der Waals surface area (Å²) in [6.07, 6.45) is 0. The van der Waals surface area contributed by atoms with E-state index in [0.29, 0.717) is 0 Å². The molecule has 29 heavy (non-hydrogen) atoms. The average Bonchev–Trinajstić information content (AvgIpc) is 3.35. The third-order valence-electron chi connectivity index (χ3n) is 4.81. The molecule has 0 aliphatic heterocycles. The summed E-state index contributed by atoms with van der Waals surface area (Å²) in [5.74, 6) is -2.94. The van der Waals surface area contributed by atoms with Gasteiger partial charge in [0.25, 0.3) is 0 Å². The van der Waals surface area contributed by atoms with Gasteiger partial charge in [-0.2, -0.15) is 0 Å². The summed E-state index contributed by atoms with van der Waals surface area (Å²) in [5, 5.41) is 3.80. The van der Waals surface area contributed by atoms with Crippen LogP contribution in [-0.4, -0.2) is 0 Å². The van der Waals surface area contributed by atoms with Crippen molar-refractivity contribution in [1.82, 2.24) is 0 Å². The van der Waals surface area contributed by atoms with E-state index in [1.807, 2.05) is 65.6 Å². The SMILES string of the molecule is Fc1ccc(F)c(CN(c2cc3ccccc3s2)c2cc3ccccc3s2)c1F. The fraction of sp³-hybridized carbons (Fsp3) is 0.0435. The molecule has 0 spiro atoms. The quantitative estimate of drug-likeness (QED) is 0.265. The lowest BCUT2D eigenvalue weighted by Crippen LogP contribution is -2.17. The first kappa shape index (κ1) is 18.2. The molecular formula is C23H14F3NS2. The van der Waals surface area contributed by atoms with Gasteiger partial charge in [-0.15, -0.1) is 22.7 Å². The van der Waals surface area contributed by atoms with Gasteiger partial charge < -0.3 is 4.90 Å². The maximum atomic E-state index is 14.4. The monoisotopic (exact) mass is 425 g/mol. The minimum atomic E-state index is -1.14. The van der Waals surface area contributed by atoms with Gasteiger partial charge in [-0.25, -0.2) is 13.2 Å². The molecule has 0 amide bonds. The van der Waals surface area contributed by atoms with Crippen molar-refractivity contribution in [1.29, 1.82) is 0 Å². The van der Waals surface area contributed by atoms with Crippen molar-refractivity contribution < 1.29 is 13.2 Å². The Kier molecular flexibility index (Phi) is 4.53. The molecular weight excluding hydrogens is 411 g/mol. The number of benzene rings is 3. The molecule has 0 N–H and O–H groups in total. The first-order chi connectivity index (χ1) is 14.1. The summed E-state index contributed by atoms with van der Waals surface area (Å²) in [7, 11) is 0. The summed E-state index contributed by atoms with van der Waals surface area (Å²) in [6.45, 7) is -0.102. The molecule has 0 aliphatic carbocycles. The van der Waals surface area contributed by atoms with E-state index in [0.717, 1.165) is 42.3 Å². The molecule has 0 radical (unpaired) electrons. The Hall–Kier alpha value is -2.83. The molecule has 0 bridgehead atoms. The van der Waals surface area contributed by atoms with Crippen molar-refractivity contribution in [3.05, 3.63) is 95.8 Å². The zero-order chi connectivity index (χ0) is 20.0. The molecule has 0 aliphatic rings. The number of nitrogens with zero attached hydrogens (tertiary/aromatic N) is 1. The Labute approximate surface area is 173 Å². The molecule has 0 unspecified atom stereocenters. The van der Waals surface area contributed by atoms with Crippen LogP contribution in [0, 0.1) is 17.5 Å². The number of thiophene rings is 2. The highest BCUT2D eigenvalue weighted by molar-refractivity contribution is 7.25. The largest absolute Gasteiger partial charge is 0.320 e. The van der Waals surface area contributed by atoms with Crippen molar-refractivity contribution in [2.24, 2.45) is 0 Å². The third kappa shape index (κ3) is 3.28. The van der Waals surface area contributed by atoms with Crippen molar-refractivity contribution in [3.8, 4) is 0 Å². The van der Waals surface area contributed by atoms with E-state index >= 15 is 0 Å². The molecule has 2 aromatic heterocycles. The van der Waals surface area contributed by atoms with Gasteiger partial charge in [0.15, 0.2) is 11.6 Å². The molecule has 0 saturated carbocycles. The lowest BCUT2D eigenvalue weighted by Gasteiger charge is -2.22. The number of halogens is 3. The molecule has 5 rings (SSSR count). The molecule has 0 fully saturated rings. The maximum Gasteiger partial charge on any atom is 0.166 e. The molecule has 1 nitrogen and oxygen atoms in total. The number of fused-ring (bicyclic) bond motifs is 2. The van der Waals surface area contributed by atoms with E-state index in [1.165, 1.54) is 22.7 Å². The predicted octanol–water partition coefficient (Wildman–Crippen LogP) is 7.87. The van der Waals surface area contributed by atoms with Crippen molar-refractivity contribution in [2.45, 2.75) is 6.54 Å². The Balaban J connectivity index is 1.67. The molecule has 3 aromatic carbocycles. The van der Waals surface area contributed by atoms with E-state index in [1.54, 1.807) is 0 Å². The van der Waals surface area contributed by atoms with Crippen molar-refractivity contribution in [3.63, 3.8) is 0 Å². The second kappa shape index (κ2) is 7.21. The fourth-order valence-electron chi connectivity index (χ4n) is 3.34. The lowest BCUT2D eigenvalue weighted by molar-refractivity contribution is 0.480.